The number of para-hydroxylation sites is 2. The van der Waals surface area contributed by atoms with Gasteiger partial charge in [-0.1, -0.05) is 12.1 Å². The molecule has 126 valence electrons. The van der Waals surface area contributed by atoms with Crippen molar-refractivity contribution < 1.29 is 4.79 Å². The predicted molar refractivity (Wildman–Crippen MR) is 99.4 cm³/mol. The van der Waals surface area contributed by atoms with Crippen molar-refractivity contribution in [2.45, 2.75) is 12.8 Å². The van der Waals surface area contributed by atoms with Crippen LogP contribution in [0.2, 0.25) is 0 Å². The third kappa shape index (κ3) is 3.26. The van der Waals surface area contributed by atoms with Crippen molar-refractivity contribution in [3.63, 3.8) is 0 Å². The highest BCUT2D eigenvalue weighted by Gasteiger charge is 2.17. The highest BCUT2D eigenvalue weighted by molar-refractivity contribution is 6.06. The van der Waals surface area contributed by atoms with E-state index in [0.717, 1.165) is 30.2 Å². The molecule has 0 radical (unpaired) electrons. The van der Waals surface area contributed by atoms with Crippen molar-refractivity contribution in [2.75, 3.05) is 23.3 Å². The average molecular weight is 332 g/mol. The molecule has 1 saturated heterocycles. The number of hydrogen-bond acceptors (Lipinski definition) is 3. The fourth-order valence-corrected chi connectivity index (χ4v) is 3.20. The zero-order valence-electron chi connectivity index (χ0n) is 13.9. The number of benzene rings is 2. The van der Waals surface area contributed by atoms with E-state index in [4.69, 9.17) is 0 Å². The average Bonchev–Trinajstić information content (AvgIpc) is 3.36. The Morgan fingerprint density at radius 1 is 1.00 bits per heavy atom. The summed E-state index contributed by atoms with van der Waals surface area (Å²) in [6, 6.07) is 15.5. The highest BCUT2D eigenvalue weighted by atomic mass is 16.1. The number of imidazole rings is 1. The maximum absolute atomic E-state index is 12.6. The van der Waals surface area contributed by atoms with Gasteiger partial charge in [-0.3, -0.25) is 4.79 Å². The van der Waals surface area contributed by atoms with Crippen LogP contribution in [0.5, 0.6) is 0 Å². The summed E-state index contributed by atoms with van der Waals surface area (Å²) in [5, 5.41) is 3.06. The lowest BCUT2D eigenvalue weighted by atomic mass is 10.1. The van der Waals surface area contributed by atoms with Gasteiger partial charge in [0.05, 0.1) is 17.7 Å². The minimum Gasteiger partial charge on any atom is -0.370 e. The van der Waals surface area contributed by atoms with E-state index < -0.39 is 0 Å². The fourth-order valence-electron chi connectivity index (χ4n) is 3.20. The molecule has 1 fully saturated rings. The lowest BCUT2D eigenvalue weighted by Gasteiger charge is -2.21. The number of carbonyl (C=O) groups is 1. The number of rotatable bonds is 4. The van der Waals surface area contributed by atoms with Crippen LogP contribution in [0.15, 0.2) is 67.3 Å². The maximum Gasteiger partial charge on any atom is 0.255 e. The molecule has 1 aliphatic heterocycles. The Bertz CT molecular complexity index is 850. The van der Waals surface area contributed by atoms with E-state index in [0.29, 0.717) is 5.56 Å². The summed E-state index contributed by atoms with van der Waals surface area (Å²) >= 11 is 0. The molecule has 0 saturated carbocycles. The van der Waals surface area contributed by atoms with Crippen LogP contribution in [0.1, 0.15) is 23.2 Å². The quantitative estimate of drug-likeness (QED) is 0.792. The third-order valence-corrected chi connectivity index (χ3v) is 4.53. The Hall–Kier alpha value is -3.08. The second kappa shape index (κ2) is 6.81. The summed E-state index contributed by atoms with van der Waals surface area (Å²) in [4.78, 5) is 19.0. The molecule has 0 spiro atoms. The first-order valence-corrected chi connectivity index (χ1v) is 8.55. The van der Waals surface area contributed by atoms with Gasteiger partial charge in [0, 0.05) is 36.7 Å². The third-order valence-electron chi connectivity index (χ3n) is 4.53. The van der Waals surface area contributed by atoms with Crippen molar-refractivity contribution >= 4 is 17.3 Å². The van der Waals surface area contributed by atoms with Crippen LogP contribution < -0.4 is 10.2 Å². The minimum absolute atomic E-state index is 0.0937. The van der Waals surface area contributed by atoms with E-state index in [2.05, 4.69) is 21.3 Å². The number of nitrogens with one attached hydrogen (secondary N) is 1. The van der Waals surface area contributed by atoms with Crippen LogP contribution in [0.3, 0.4) is 0 Å². The number of carbonyl (C=O) groups excluding carboxylic acids is 1. The van der Waals surface area contributed by atoms with E-state index in [1.54, 1.807) is 12.5 Å². The van der Waals surface area contributed by atoms with E-state index in [1.165, 1.54) is 12.8 Å². The maximum atomic E-state index is 12.6. The molecule has 3 aromatic rings. The van der Waals surface area contributed by atoms with E-state index in [-0.39, 0.29) is 5.91 Å². The molecule has 4 rings (SSSR count). The van der Waals surface area contributed by atoms with Crippen LogP contribution >= 0.6 is 0 Å². The molecule has 1 aromatic heterocycles. The lowest BCUT2D eigenvalue weighted by Crippen LogP contribution is -2.21. The highest BCUT2D eigenvalue weighted by Crippen LogP contribution is 2.29. The minimum atomic E-state index is -0.0937. The Morgan fingerprint density at radius 3 is 2.48 bits per heavy atom. The van der Waals surface area contributed by atoms with Crippen LogP contribution in [0.4, 0.5) is 11.4 Å². The topological polar surface area (TPSA) is 50.2 Å². The van der Waals surface area contributed by atoms with Crippen molar-refractivity contribution in [3.8, 4) is 5.69 Å². The summed E-state index contributed by atoms with van der Waals surface area (Å²) in [6.45, 7) is 2.10. The molecule has 1 aliphatic rings. The SMILES string of the molecule is O=C(Nc1ccccc1N1CCCC1)c1ccc(-n2ccnc2)cc1. The summed E-state index contributed by atoms with van der Waals surface area (Å²) in [5.74, 6) is -0.0937. The van der Waals surface area contributed by atoms with Gasteiger partial charge >= 0.3 is 0 Å². The van der Waals surface area contributed by atoms with Gasteiger partial charge in [0.15, 0.2) is 0 Å². The van der Waals surface area contributed by atoms with Gasteiger partial charge < -0.3 is 14.8 Å². The molecule has 1 amide bonds. The number of aromatic nitrogens is 2. The van der Waals surface area contributed by atoms with Crippen LogP contribution in [0, 0.1) is 0 Å². The Balaban J connectivity index is 1.52. The first-order valence-electron chi connectivity index (χ1n) is 8.55. The van der Waals surface area contributed by atoms with Gasteiger partial charge in [-0.05, 0) is 49.2 Å². The van der Waals surface area contributed by atoms with E-state index in [1.807, 2.05) is 53.2 Å². The largest absolute Gasteiger partial charge is 0.370 e. The Morgan fingerprint density at radius 2 is 1.76 bits per heavy atom. The molecule has 0 aliphatic carbocycles. The van der Waals surface area contributed by atoms with Crippen LogP contribution in [-0.2, 0) is 0 Å². The molecule has 2 heterocycles. The zero-order chi connectivity index (χ0) is 17.1. The van der Waals surface area contributed by atoms with E-state index in [9.17, 15) is 4.79 Å². The zero-order valence-corrected chi connectivity index (χ0v) is 13.9. The van der Waals surface area contributed by atoms with Gasteiger partial charge in [0.1, 0.15) is 0 Å². The Kier molecular flexibility index (Phi) is 4.21. The molecule has 0 atom stereocenters. The normalized spacial score (nSPS) is 13.8. The van der Waals surface area contributed by atoms with Crippen molar-refractivity contribution in [3.05, 3.63) is 72.8 Å². The molecule has 5 nitrogen and oxygen atoms in total. The lowest BCUT2D eigenvalue weighted by molar-refractivity contribution is 0.102. The molecular formula is C20H20N4O. The second-order valence-electron chi connectivity index (χ2n) is 6.18. The molecule has 5 heteroatoms. The first kappa shape index (κ1) is 15.4. The van der Waals surface area contributed by atoms with Crippen molar-refractivity contribution in [1.82, 2.24) is 9.55 Å². The second-order valence-corrected chi connectivity index (χ2v) is 6.18. The Labute approximate surface area is 146 Å². The van der Waals surface area contributed by atoms with Crippen molar-refractivity contribution in [1.29, 1.82) is 0 Å². The summed E-state index contributed by atoms with van der Waals surface area (Å²) < 4.78 is 1.91. The predicted octanol–water partition coefficient (Wildman–Crippen LogP) is 3.72. The molecule has 1 N–H and O–H groups in total. The summed E-state index contributed by atoms with van der Waals surface area (Å²) in [5.41, 5.74) is 3.59. The molecule has 0 bridgehead atoms. The summed E-state index contributed by atoms with van der Waals surface area (Å²) in [6.07, 6.45) is 7.76. The van der Waals surface area contributed by atoms with E-state index >= 15 is 0 Å². The molecule has 25 heavy (non-hydrogen) atoms. The van der Waals surface area contributed by atoms with Gasteiger partial charge in [-0.25, -0.2) is 4.98 Å². The number of anilines is 2. The van der Waals surface area contributed by atoms with Crippen molar-refractivity contribution in [2.24, 2.45) is 0 Å². The van der Waals surface area contributed by atoms with Gasteiger partial charge in [-0.15, -0.1) is 0 Å². The molecular weight excluding hydrogens is 312 g/mol. The summed E-state index contributed by atoms with van der Waals surface area (Å²) in [7, 11) is 0. The standard InChI is InChI=1S/C20H20N4O/c25-20(16-7-9-17(10-8-16)24-14-11-21-15-24)22-18-5-1-2-6-19(18)23-12-3-4-13-23/h1-2,5-11,14-15H,3-4,12-13H2,(H,22,25). The fraction of sp³-hybridized carbons (Fsp3) is 0.200. The molecule has 0 unspecified atom stereocenters. The number of amides is 1. The van der Waals surface area contributed by atoms with Crippen LogP contribution in [0.25, 0.3) is 5.69 Å². The van der Waals surface area contributed by atoms with Gasteiger partial charge in [-0.2, -0.15) is 0 Å². The monoisotopic (exact) mass is 332 g/mol. The molecule has 2 aromatic carbocycles. The van der Waals surface area contributed by atoms with Crippen LogP contribution in [-0.4, -0.2) is 28.5 Å². The number of hydrogen-bond donors (Lipinski definition) is 1. The first-order chi connectivity index (χ1) is 12.3. The smallest absolute Gasteiger partial charge is 0.255 e. The number of nitrogens with zero attached hydrogens (tertiary/aromatic N) is 3. The van der Waals surface area contributed by atoms with Gasteiger partial charge in [0.25, 0.3) is 5.91 Å². The van der Waals surface area contributed by atoms with Gasteiger partial charge in [0.2, 0.25) is 0 Å².